The van der Waals surface area contributed by atoms with Gasteiger partial charge in [0.05, 0.1) is 12.2 Å². The second kappa shape index (κ2) is 4.17. The Bertz CT molecular complexity index is 192. The van der Waals surface area contributed by atoms with Crippen LogP contribution in [0.3, 0.4) is 0 Å². The zero-order chi connectivity index (χ0) is 10.9. The first kappa shape index (κ1) is 12.0. The van der Waals surface area contributed by atoms with Crippen molar-refractivity contribution in [3.8, 4) is 0 Å². The van der Waals surface area contributed by atoms with Crippen molar-refractivity contribution in [3.63, 3.8) is 0 Å². The average Bonchev–Trinajstić information content (AvgIpc) is 2.02. The Hall–Kier alpha value is -0.120. The highest BCUT2D eigenvalue weighted by molar-refractivity contribution is 5.02. The number of aliphatic hydroxyl groups excluding tert-OH is 2. The molecular weight excluding hydrogens is 178 g/mol. The van der Waals surface area contributed by atoms with E-state index in [0.717, 1.165) is 12.8 Å². The summed E-state index contributed by atoms with van der Waals surface area (Å²) in [5.74, 6) is 0. The van der Waals surface area contributed by atoms with Crippen LogP contribution in [0.1, 0.15) is 40.5 Å². The van der Waals surface area contributed by atoms with Gasteiger partial charge in [0.2, 0.25) is 0 Å². The van der Waals surface area contributed by atoms with Gasteiger partial charge in [-0.15, -0.1) is 0 Å². The van der Waals surface area contributed by atoms with E-state index in [-0.39, 0.29) is 17.6 Å². The molecule has 3 nitrogen and oxygen atoms in total. The van der Waals surface area contributed by atoms with E-state index < -0.39 is 0 Å². The van der Waals surface area contributed by atoms with Crippen molar-refractivity contribution in [1.82, 2.24) is 5.32 Å². The smallest absolute Gasteiger partial charge is 0.0621 e. The Labute approximate surface area is 86.5 Å². The fraction of sp³-hybridized carbons (Fsp3) is 1.00. The normalized spacial score (nSPS) is 34.7. The molecule has 0 aliphatic heterocycles. The Kier molecular flexibility index (Phi) is 3.56. The van der Waals surface area contributed by atoms with Crippen LogP contribution in [-0.2, 0) is 0 Å². The van der Waals surface area contributed by atoms with E-state index in [2.05, 4.69) is 26.1 Å². The van der Waals surface area contributed by atoms with Gasteiger partial charge >= 0.3 is 0 Å². The monoisotopic (exact) mass is 201 g/mol. The fourth-order valence-electron chi connectivity index (χ4n) is 2.11. The number of rotatable bonds is 4. The molecule has 1 saturated carbocycles. The topological polar surface area (TPSA) is 52.5 Å². The summed E-state index contributed by atoms with van der Waals surface area (Å²) in [5, 5.41) is 22.2. The molecule has 0 aromatic carbocycles. The molecule has 1 rings (SSSR count). The van der Waals surface area contributed by atoms with Gasteiger partial charge in [0.25, 0.3) is 0 Å². The molecule has 1 aliphatic rings. The molecule has 0 saturated heterocycles. The van der Waals surface area contributed by atoms with Crippen molar-refractivity contribution in [2.45, 2.75) is 64.8 Å². The highest BCUT2D eigenvalue weighted by atomic mass is 16.3. The van der Waals surface area contributed by atoms with Crippen molar-refractivity contribution in [2.75, 3.05) is 0 Å². The van der Waals surface area contributed by atoms with Crippen LogP contribution in [0.5, 0.6) is 0 Å². The van der Waals surface area contributed by atoms with Crippen LogP contribution in [0, 0.1) is 5.41 Å². The van der Waals surface area contributed by atoms with Crippen molar-refractivity contribution < 1.29 is 10.2 Å². The second-order valence-electron chi connectivity index (χ2n) is 5.28. The van der Waals surface area contributed by atoms with E-state index in [9.17, 15) is 10.2 Å². The zero-order valence-electron chi connectivity index (χ0n) is 9.62. The SMILES string of the molecule is CC(O)CC(C)NC1CC(O)C1(C)C. The van der Waals surface area contributed by atoms with E-state index in [1.54, 1.807) is 6.92 Å². The maximum Gasteiger partial charge on any atom is 0.0621 e. The maximum absolute atomic E-state index is 9.55. The van der Waals surface area contributed by atoms with Gasteiger partial charge in [-0.05, 0) is 26.7 Å². The van der Waals surface area contributed by atoms with Crippen LogP contribution >= 0.6 is 0 Å². The third-order valence-electron chi connectivity index (χ3n) is 3.40. The van der Waals surface area contributed by atoms with E-state index in [0.29, 0.717) is 12.1 Å². The summed E-state index contributed by atoms with van der Waals surface area (Å²) >= 11 is 0. The Balaban J connectivity index is 2.32. The van der Waals surface area contributed by atoms with E-state index in [1.165, 1.54) is 0 Å². The lowest BCUT2D eigenvalue weighted by Crippen LogP contribution is -2.61. The number of hydrogen-bond donors (Lipinski definition) is 3. The van der Waals surface area contributed by atoms with Gasteiger partial charge in [-0.3, -0.25) is 0 Å². The van der Waals surface area contributed by atoms with E-state index in [1.807, 2.05) is 0 Å². The lowest BCUT2D eigenvalue weighted by Gasteiger charge is -2.50. The Morgan fingerprint density at radius 3 is 2.36 bits per heavy atom. The van der Waals surface area contributed by atoms with Gasteiger partial charge in [0, 0.05) is 17.5 Å². The number of nitrogens with one attached hydrogen (secondary N) is 1. The largest absolute Gasteiger partial charge is 0.393 e. The third kappa shape index (κ3) is 2.47. The maximum atomic E-state index is 9.55. The summed E-state index contributed by atoms with van der Waals surface area (Å²) in [6, 6.07) is 0.693. The summed E-state index contributed by atoms with van der Waals surface area (Å²) in [5.41, 5.74) is -0.0209. The molecular formula is C11H23NO2. The van der Waals surface area contributed by atoms with E-state index >= 15 is 0 Å². The van der Waals surface area contributed by atoms with Crippen molar-refractivity contribution in [3.05, 3.63) is 0 Å². The molecule has 0 bridgehead atoms. The van der Waals surface area contributed by atoms with Crippen LogP contribution in [-0.4, -0.2) is 34.5 Å². The molecule has 0 aromatic rings. The minimum atomic E-state index is -0.259. The van der Waals surface area contributed by atoms with Gasteiger partial charge < -0.3 is 15.5 Å². The summed E-state index contributed by atoms with van der Waals surface area (Å²) in [7, 11) is 0. The lowest BCUT2D eigenvalue weighted by atomic mass is 9.64. The number of hydrogen-bond acceptors (Lipinski definition) is 3. The molecule has 3 heteroatoms. The summed E-state index contributed by atoms with van der Waals surface area (Å²) in [4.78, 5) is 0. The predicted octanol–water partition coefficient (Wildman–Crippen LogP) is 0.895. The molecule has 14 heavy (non-hydrogen) atoms. The predicted molar refractivity (Wildman–Crippen MR) is 57.1 cm³/mol. The highest BCUT2D eigenvalue weighted by Gasteiger charge is 2.47. The van der Waals surface area contributed by atoms with Crippen LogP contribution in [0.4, 0.5) is 0 Å². The first-order valence-electron chi connectivity index (χ1n) is 5.46. The molecule has 1 aliphatic carbocycles. The Morgan fingerprint density at radius 1 is 1.43 bits per heavy atom. The summed E-state index contributed by atoms with van der Waals surface area (Å²) < 4.78 is 0. The minimum Gasteiger partial charge on any atom is -0.393 e. The molecule has 0 aromatic heterocycles. The molecule has 84 valence electrons. The minimum absolute atomic E-state index is 0.0209. The van der Waals surface area contributed by atoms with Crippen molar-refractivity contribution >= 4 is 0 Å². The van der Waals surface area contributed by atoms with Crippen molar-refractivity contribution in [1.29, 1.82) is 0 Å². The highest BCUT2D eigenvalue weighted by Crippen LogP contribution is 2.40. The van der Waals surface area contributed by atoms with Gasteiger partial charge in [0.1, 0.15) is 0 Å². The molecule has 4 atom stereocenters. The summed E-state index contributed by atoms with van der Waals surface area (Å²) in [6.45, 7) is 8.04. The van der Waals surface area contributed by atoms with Crippen LogP contribution in [0.15, 0.2) is 0 Å². The van der Waals surface area contributed by atoms with Gasteiger partial charge in [-0.2, -0.15) is 0 Å². The van der Waals surface area contributed by atoms with Gasteiger partial charge in [-0.1, -0.05) is 13.8 Å². The van der Waals surface area contributed by atoms with E-state index in [4.69, 9.17) is 0 Å². The fourth-order valence-corrected chi connectivity index (χ4v) is 2.11. The molecule has 0 spiro atoms. The number of aliphatic hydroxyl groups is 2. The van der Waals surface area contributed by atoms with Crippen molar-refractivity contribution in [2.24, 2.45) is 5.41 Å². The van der Waals surface area contributed by atoms with Crippen LogP contribution in [0.25, 0.3) is 0 Å². The lowest BCUT2D eigenvalue weighted by molar-refractivity contribution is -0.0763. The first-order valence-corrected chi connectivity index (χ1v) is 5.46. The third-order valence-corrected chi connectivity index (χ3v) is 3.40. The molecule has 0 heterocycles. The van der Waals surface area contributed by atoms with Crippen LogP contribution < -0.4 is 5.32 Å². The quantitative estimate of drug-likeness (QED) is 0.633. The Morgan fingerprint density at radius 2 is 2.00 bits per heavy atom. The molecule has 3 N–H and O–H groups in total. The molecule has 0 radical (unpaired) electrons. The zero-order valence-corrected chi connectivity index (χ0v) is 9.62. The standard InChI is InChI=1S/C11H23NO2/c1-7(5-8(2)13)12-9-6-10(14)11(9,3)4/h7-10,12-14H,5-6H2,1-4H3. The van der Waals surface area contributed by atoms with Gasteiger partial charge in [-0.25, -0.2) is 0 Å². The first-order chi connectivity index (χ1) is 6.34. The molecule has 0 amide bonds. The second-order valence-corrected chi connectivity index (χ2v) is 5.28. The average molecular weight is 201 g/mol. The molecule has 1 fully saturated rings. The summed E-state index contributed by atoms with van der Waals surface area (Å²) in [6.07, 6.45) is 1.16. The van der Waals surface area contributed by atoms with Crippen LogP contribution in [0.2, 0.25) is 0 Å². The van der Waals surface area contributed by atoms with Gasteiger partial charge in [0.15, 0.2) is 0 Å². The molecule has 4 unspecified atom stereocenters.